The normalized spacial score (nSPS) is 12.8. The lowest BCUT2D eigenvalue weighted by atomic mass is 9.98. The van der Waals surface area contributed by atoms with E-state index >= 15 is 0 Å². The highest BCUT2D eigenvalue weighted by atomic mass is 16.6. The van der Waals surface area contributed by atoms with Gasteiger partial charge in [0.25, 0.3) is 11.6 Å². The first-order valence-electron chi connectivity index (χ1n) is 6.02. The molecule has 0 radical (unpaired) electrons. The molecule has 0 unspecified atom stereocenters. The fourth-order valence-electron chi connectivity index (χ4n) is 1.69. The Bertz CT molecular complexity index is 608. The highest BCUT2D eigenvalue weighted by Gasteiger charge is 2.27. The Morgan fingerprint density at radius 1 is 1.52 bits per heavy atom. The second-order valence-electron chi connectivity index (χ2n) is 4.44. The number of nitro benzene ring substituents is 1. The van der Waals surface area contributed by atoms with Gasteiger partial charge in [0.05, 0.1) is 11.0 Å². The summed E-state index contributed by atoms with van der Waals surface area (Å²) in [4.78, 5) is 33.1. The van der Waals surface area contributed by atoms with Crippen LogP contribution in [0.15, 0.2) is 24.3 Å². The van der Waals surface area contributed by atoms with E-state index in [0.717, 1.165) is 6.07 Å². The Morgan fingerprint density at radius 2 is 2.19 bits per heavy atom. The van der Waals surface area contributed by atoms with E-state index in [-0.39, 0.29) is 17.7 Å². The molecule has 0 aliphatic carbocycles. The third kappa shape index (κ3) is 4.28. The smallest absolute Gasteiger partial charge is 0.326 e. The molecule has 8 heteroatoms. The molecule has 1 rings (SSSR count). The number of nitrogens with zero attached hydrogens (tertiary/aromatic N) is 2. The summed E-state index contributed by atoms with van der Waals surface area (Å²) in [5.74, 6) is -2.59. The van der Waals surface area contributed by atoms with Gasteiger partial charge in [0.1, 0.15) is 6.04 Å². The number of nitrogens with one attached hydrogen (secondary N) is 1. The molecule has 2 atom stereocenters. The van der Waals surface area contributed by atoms with E-state index in [0.29, 0.717) is 0 Å². The molecule has 0 fully saturated rings. The molecule has 0 aromatic heterocycles. The van der Waals surface area contributed by atoms with Gasteiger partial charge in [-0.15, -0.1) is 0 Å². The minimum atomic E-state index is -1.27. The largest absolute Gasteiger partial charge is 0.480 e. The first-order chi connectivity index (χ1) is 9.86. The van der Waals surface area contributed by atoms with Gasteiger partial charge in [-0.3, -0.25) is 14.9 Å². The lowest BCUT2D eigenvalue weighted by Crippen LogP contribution is -2.45. The van der Waals surface area contributed by atoms with E-state index in [2.05, 4.69) is 5.32 Å². The molecule has 2 N–H and O–H groups in total. The number of rotatable bonds is 6. The summed E-state index contributed by atoms with van der Waals surface area (Å²) >= 11 is 0. The number of aliphatic carboxylic acids is 1. The number of carboxylic acid groups (broad SMARTS) is 1. The van der Waals surface area contributed by atoms with Crippen molar-refractivity contribution in [3.05, 3.63) is 39.9 Å². The number of hydrogen-bond donors (Lipinski definition) is 2. The van der Waals surface area contributed by atoms with Crippen molar-refractivity contribution in [1.82, 2.24) is 5.32 Å². The number of benzene rings is 1. The number of nitriles is 1. The van der Waals surface area contributed by atoms with Crippen molar-refractivity contribution >= 4 is 17.6 Å². The summed E-state index contributed by atoms with van der Waals surface area (Å²) in [6.45, 7) is 1.52. The zero-order chi connectivity index (χ0) is 16.0. The summed E-state index contributed by atoms with van der Waals surface area (Å²) in [5.41, 5.74) is -0.279. The first kappa shape index (κ1) is 16.1. The third-order valence-corrected chi connectivity index (χ3v) is 2.85. The number of hydrogen-bond acceptors (Lipinski definition) is 5. The average molecular weight is 291 g/mol. The molecule has 0 aliphatic heterocycles. The molecular weight excluding hydrogens is 278 g/mol. The summed E-state index contributed by atoms with van der Waals surface area (Å²) in [5, 5.41) is 30.6. The Morgan fingerprint density at radius 3 is 2.71 bits per heavy atom. The van der Waals surface area contributed by atoms with Crippen molar-refractivity contribution in [3.63, 3.8) is 0 Å². The highest BCUT2D eigenvalue weighted by Crippen LogP contribution is 2.14. The van der Waals surface area contributed by atoms with E-state index in [9.17, 15) is 19.7 Å². The van der Waals surface area contributed by atoms with Crippen molar-refractivity contribution in [1.29, 1.82) is 5.26 Å². The van der Waals surface area contributed by atoms with Gasteiger partial charge < -0.3 is 10.4 Å². The van der Waals surface area contributed by atoms with Gasteiger partial charge in [0.15, 0.2) is 0 Å². The molecule has 8 nitrogen and oxygen atoms in total. The van der Waals surface area contributed by atoms with Crippen LogP contribution in [-0.2, 0) is 4.79 Å². The number of amides is 1. The van der Waals surface area contributed by atoms with Crippen LogP contribution >= 0.6 is 0 Å². The van der Waals surface area contributed by atoms with Crippen LogP contribution in [0, 0.1) is 27.4 Å². The summed E-state index contributed by atoms with van der Waals surface area (Å²) in [6, 6.07) is 5.56. The number of carboxylic acids is 1. The van der Waals surface area contributed by atoms with Crippen molar-refractivity contribution in [2.45, 2.75) is 19.4 Å². The summed E-state index contributed by atoms with van der Waals surface area (Å²) in [7, 11) is 0. The highest BCUT2D eigenvalue weighted by molar-refractivity contribution is 5.97. The second kappa shape index (κ2) is 7.00. The lowest BCUT2D eigenvalue weighted by Gasteiger charge is -2.19. The van der Waals surface area contributed by atoms with Gasteiger partial charge in [0, 0.05) is 30.0 Å². The predicted octanol–water partition coefficient (Wildman–Crippen LogP) is 1.33. The minimum Gasteiger partial charge on any atom is -0.480 e. The van der Waals surface area contributed by atoms with Crippen molar-refractivity contribution in [3.8, 4) is 6.07 Å². The Labute approximate surface area is 120 Å². The van der Waals surface area contributed by atoms with Crippen LogP contribution in [0.1, 0.15) is 23.7 Å². The van der Waals surface area contributed by atoms with Crippen LogP contribution in [-0.4, -0.2) is 27.9 Å². The molecule has 0 spiro atoms. The van der Waals surface area contributed by atoms with Crippen LogP contribution in [0.4, 0.5) is 5.69 Å². The molecule has 21 heavy (non-hydrogen) atoms. The zero-order valence-electron chi connectivity index (χ0n) is 11.1. The quantitative estimate of drug-likeness (QED) is 0.599. The maximum absolute atomic E-state index is 12.0. The molecule has 1 aromatic rings. The molecule has 110 valence electrons. The monoisotopic (exact) mass is 291 g/mol. The van der Waals surface area contributed by atoms with Crippen LogP contribution in [0.25, 0.3) is 0 Å². The second-order valence-corrected chi connectivity index (χ2v) is 4.44. The summed E-state index contributed by atoms with van der Waals surface area (Å²) < 4.78 is 0. The summed E-state index contributed by atoms with van der Waals surface area (Å²) in [6.07, 6.45) is -0.0355. The van der Waals surface area contributed by atoms with Crippen molar-refractivity contribution in [2.24, 2.45) is 5.92 Å². The fraction of sp³-hybridized carbons (Fsp3) is 0.308. The van der Waals surface area contributed by atoms with Gasteiger partial charge in [-0.1, -0.05) is 13.0 Å². The van der Waals surface area contributed by atoms with Gasteiger partial charge in [-0.2, -0.15) is 5.26 Å². The van der Waals surface area contributed by atoms with Crippen LogP contribution in [0.5, 0.6) is 0 Å². The first-order valence-corrected chi connectivity index (χ1v) is 6.02. The number of nitro groups is 1. The maximum atomic E-state index is 12.0. The molecule has 0 saturated heterocycles. The minimum absolute atomic E-state index is 0.0143. The zero-order valence-corrected chi connectivity index (χ0v) is 11.1. The number of carbonyl (C=O) groups is 2. The Balaban J connectivity index is 2.92. The molecule has 0 bridgehead atoms. The molecule has 1 amide bonds. The maximum Gasteiger partial charge on any atom is 0.326 e. The Hall–Kier alpha value is -2.95. The molecule has 0 heterocycles. The van der Waals surface area contributed by atoms with Crippen molar-refractivity contribution < 1.29 is 19.6 Å². The van der Waals surface area contributed by atoms with E-state index in [1.807, 2.05) is 6.07 Å². The van der Waals surface area contributed by atoms with Gasteiger partial charge in [0.2, 0.25) is 0 Å². The average Bonchev–Trinajstić information content (AvgIpc) is 2.44. The molecule has 1 aromatic carbocycles. The third-order valence-electron chi connectivity index (χ3n) is 2.85. The van der Waals surface area contributed by atoms with E-state index in [1.54, 1.807) is 0 Å². The van der Waals surface area contributed by atoms with Gasteiger partial charge in [-0.05, 0) is 6.07 Å². The van der Waals surface area contributed by atoms with Crippen LogP contribution < -0.4 is 5.32 Å². The van der Waals surface area contributed by atoms with E-state index in [4.69, 9.17) is 10.4 Å². The van der Waals surface area contributed by atoms with Crippen molar-refractivity contribution in [2.75, 3.05) is 0 Å². The van der Waals surface area contributed by atoms with Crippen LogP contribution in [0.2, 0.25) is 0 Å². The molecule has 0 saturated carbocycles. The predicted molar refractivity (Wildman–Crippen MR) is 71.4 cm³/mol. The lowest BCUT2D eigenvalue weighted by molar-refractivity contribution is -0.384. The topological polar surface area (TPSA) is 133 Å². The Kier molecular flexibility index (Phi) is 5.37. The number of carbonyl (C=O) groups excluding carboxylic acids is 1. The van der Waals surface area contributed by atoms with E-state index < -0.39 is 28.8 Å². The van der Waals surface area contributed by atoms with Gasteiger partial charge >= 0.3 is 5.97 Å². The SMILES string of the molecule is C[C@@H](CC#N)[C@H](NC(=O)c1cccc([N+](=O)[O-])c1)C(=O)O. The van der Waals surface area contributed by atoms with E-state index in [1.165, 1.54) is 25.1 Å². The van der Waals surface area contributed by atoms with Crippen LogP contribution in [0.3, 0.4) is 0 Å². The van der Waals surface area contributed by atoms with Gasteiger partial charge in [-0.25, -0.2) is 4.79 Å². The fourth-order valence-corrected chi connectivity index (χ4v) is 1.69. The molecule has 0 aliphatic rings. The standard InChI is InChI=1S/C13H13N3O5/c1-8(5-6-14)11(13(18)19)15-12(17)9-3-2-4-10(7-9)16(20)21/h2-4,7-8,11H,5H2,1H3,(H,15,17)(H,18,19)/t8-,11-/m0/s1. The number of non-ortho nitro benzene ring substituents is 1. The molecular formula is C13H13N3O5.